The zero-order valence-electron chi connectivity index (χ0n) is 14.7. The van der Waals surface area contributed by atoms with Crippen molar-refractivity contribution in [2.75, 3.05) is 31.1 Å². The average molecular weight is 404 g/mol. The maximum atomic E-state index is 14.0. The van der Waals surface area contributed by atoms with Crippen LogP contribution in [0.2, 0.25) is 0 Å². The molecule has 0 atom stereocenters. The molecular weight excluding hydrogens is 387 g/mol. The van der Waals surface area contributed by atoms with Crippen LogP contribution in [-0.4, -0.2) is 48.9 Å². The van der Waals surface area contributed by atoms with Crippen molar-refractivity contribution >= 4 is 26.7 Å². The zero-order valence-corrected chi connectivity index (χ0v) is 15.5. The number of aromatic amines is 2. The van der Waals surface area contributed by atoms with Crippen LogP contribution in [0.4, 0.5) is 10.1 Å². The molecule has 3 aromatic rings. The standard InChI is InChI=1S/C18H17FN4O4S/c19-13-3-1-2-4-16(13)22-7-9-23(10-8-22)28(26,27)12-5-6-14-15(11-12)21-18(25)17(24)20-14/h1-6,11H,7-10H2,(H,20,24)(H,21,25). The van der Waals surface area contributed by atoms with Crippen LogP contribution >= 0.6 is 0 Å². The highest BCUT2D eigenvalue weighted by Crippen LogP contribution is 2.24. The van der Waals surface area contributed by atoms with Gasteiger partial charge in [-0.05, 0) is 30.3 Å². The van der Waals surface area contributed by atoms with Crippen molar-refractivity contribution in [2.45, 2.75) is 4.90 Å². The second-order valence-electron chi connectivity index (χ2n) is 6.46. The Labute approximate surface area is 159 Å². The lowest BCUT2D eigenvalue weighted by atomic mass is 10.2. The van der Waals surface area contributed by atoms with Gasteiger partial charge in [0.05, 0.1) is 21.6 Å². The van der Waals surface area contributed by atoms with E-state index in [-0.39, 0.29) is 29.3 Å². The Morgan fingerprint density at radius 1 is 0.857 bits per heavy atom. The van der Waals surface area contributed by atoms with Gasteiger partial charge in [0.15, 0.2) is 0 Å². The van der Waals surface area contributed by atoms with Crippen LogP contribution in [-0.2, 0) is 10.0 Å². The fourth-order valence-corrected chi connectivity index (χ4v) is 4.73. The number of sulfonamides is 1. The molecule has 1 aromatic heterocycles. The van der Waals surface area contributed by atoms with Gasteiger partial charge in [0, 0.05) is 26.2 Å². The van der Waals surface area contributed by atoms with Crippen LogP contribution in [0, 0.1) is 5.82 Å². The third-order valence-electron chi connectivity index (χ3n) is 4.76. The summed E-state index contributed by atoms with van der Waals surface area (Å²) < 4.78 is 41.2. The van der Waals surface area contributed by atoms with E-state index in [1.165, 1.54) is 28.6 Å². The molecule has 1 saturated heterocycles. The third-order valence-corrected chi connectivity index (χ3v) is 6.66. The summed E-state index contributed by atoms with van der Waals surface area (Å²) in [7, 11) is -3.79. The number of rotatable bonds is 3. The molecule has 2 aromatic carbocycles. The maximum absolute atomic E-state index is 14.0. The number of halogens is 1. The molecule has 0 unspecified atom stereocenters. The lowest BCUT2D eigenvalue weighted by Gasteiger charge is -2.35. The molecule has 28 heavy (non-hydrogen) atoms. The first-order valence-corrected chi connectivity index (χ1v) is 10.1. The van der Waals surface area contributed by atoms with Crippen molar-refractivity contribution in [3.63, 3.8) is 0 Å². The highest BCUT2D eigenvalue weighted by Gasteiger charge is 2.29. The molecular formula is C18H17FN4O4S. The lowest BCUT2D eigenvalue weighted by Crippen LogP contribution is -2.48. The van der Waals surface area contributed by atoms with Crippen LogP contribution in [0.15, 0.2) is 56.9 Å². The number of nitrogens with one attached hydrogen (secondary N) is 2. The molecule has 0 aliphatic carbocycles. The summed E-state index contributed by atoms with van der Waals surface area (Å²) in [5.74, 6) is -0.341. The zero-order chi connectivity index (χ0) is 19.9. The quantitative estimate of drug-likeness (QED) is 0.630. The van der Waals surface area contributed by atoms with Gasteiger partial charge in [-0.15, -0.1) is 0 Å². The Morgan fingerprint density at radius 2 is 1.50 bits per heavy atom. The van der Waals surface area contributed by atoms with Crippen LogP contribution < -0.4 is 16.0 Å². The highest BCUT2D eigenvalue weighted by atomic mass is 32.2. The number of piperazine rings is 1. The minimum Gasteiger partial charge on any atom is -0.367 e. The summed E-state index contributed by atoms with van der Waals surface area (Å²) >= 11 is 0. The Kier molecular flexibility index (Phi) is 4.52. The van der Waals surface area contributed by atoms with E-state index in [1.54, 1.807) is 18.2 Å². The molecule has 0 amide bonds. The summed E-state index contributed by atoms with van der Waals surface area (Å²) in [5.41, 5.74) is -0.622. The SMILES string of the molecule is O=c1[nH]c2ccc(S(=O)(=O)N3CCN(c4ccccc4F)CC3)cc2[nH]c1=O. The molecule has 4 rings (SSSR count). The number of benzene rings is 2. The highest BCUT2D eigenvalue weighted by molar-refractivity contribution is 7.89. The van der Waals surface area contributed by atoms with E-state index in [9.17, 15) is 22.4 Å². The molecule has 0 spiro atoms. The number of fused-ring (bicyclic) bond motifs is 1. The van der Waals surface area contributed by atoms with Crippen molar-refractivity contribution in [1.29, 1.82) is 0 Å². The van der Waals surface area contributed by atoms with E-state index < -0.39 is 21.1 Å². The predicted octanol–water partition coefficient (Wildman–Crippen LogP) is 0.866. The number of nitrogens with zero attached hydrogens (tertiary/aromatic N) is 2. The molecule has 8 nitrogen and oxygen atoms in total. The number of hydrogen-bond donors (Lipinski definition) is 2. The van der Waals surface area contributed by atoms with E-state index in [1.807, 2.05) is 4.90 Å². The van der Waals surface area contributed by atoms with Gasteiger partial charge >= 0.3 is 11.1 Å². The van der Waals surface area contributed by atoms with E-state index in [4.69, 9.17) is 0 Å². The summed E-state index contributed by atoms with van der Waals surface area (Å²) in [5, 5.41) is 0. The van der Waals surface area contributed by atoms with Gasteiger partial charge < -0.3 is 14.9 Å². The Morgan fingerprint density at radius 3 is 2.18 bits per heavy atom. The molecule has 2 heterocycles. The van der Waals surface area contributed by atoms with E-state index >= 15 is 0 Å². The second kappa shape index (κ2) is 6.88. The van der Waals surface area contributed by atoms with Crippen LogP contribution in [0.25, 0.3) is 11.0 Å². The maximum Gasteiger partial charge on any atom is 0.314 e. The normalized spacial score (nSPS) is 15.8. The smallest absolute Gasteiger partial charge is 0.314 e. The monoisotopic (exact) mass is 404 g/mol. The fraction of sp³-hybridized carbons (Fsp3) is 0.222. The molecule has 1 fully saturated rings. The lowest BCUT2D eigenvalue weighted by molar-refractivity contribution is 0.383. The largest absolute Gasteiger partial charge is 0.367 e. The Balaban J connectivity index is 1.59. The molecule has 0 radical (unpaired) electrons. The molecule has 10 heteroatoms. The topological polar surface area (TPSA) is 106 Å². The van der Waals surface area contributed by atoms with Gasteiger partial charge in [-0.25, -0.2) is 12.8 Å². The van der Waals surface area contributed by atoms with Crippen molar-refractivity contribution < 1.29 is 12.8 Å². The van der Waals surface area contributed by atoms with Crippen LogP contribution in [0.5, 0.6) is 0 Å². The average Bonchev–Trinajstić information content (AvgIpc) is 2.69. The number of H-pyrrole nitrogens is 2. The summed E-state index contributed by atoms with van der Waals surface area (Å²) in [4.78, 5) is 29.5. The van der Waals surface area contributed by atoms with Gasteiger partial charge in [-0.1, -0.05) is 12.1 Å². The van der Waals surface area contributed by atoms with E-state index in [0.29, 0.717) is 24.3 Å². The van der Waals surface area contributed by atoms with Crippen LogP contribution in [0.1, 0.15) is 0 Å². The minimum absolute atomic E-state index is 0.0158. The van der Waals surface area contributed by atoms with Crippen LogP contribution in [0.3, 0.4) is 0 Å². The summed E-state index contributed by atoms with van der Waals surface area (Å²) in [6.07, 6.45) is 0. The van der Waals surface area contributed by atoms with Gasteiger partial charge in [-0.3, -0.25) is 9.59 Å². The number of anilines is 1. The van der Waals surface area contributed by atoms with Gasteiger partial charge in [0.1, 0.15) is 5.82 Å². The second-order valence-corrected chi connectivity index (χ2v) is 8.40. The molecule has 0 saturated carbocycles. The number of para-hydroxylation sites is 1. The van der Waals surface area contributed by atoms with Crippen molar-refractivity contribution in [3.05, 3.63) is 69.0 Å². The van der Waals surface area contributed by atoms with Gasteiger partial charge in [0.2, 0.25) is 10.0 Å². The van der Waals surface area contributed by atoms with Gasteiger partial charge in [-0.2, -0.15) is 4.31 Å². The van der Waals surface area contributed by atoms with E-state index in [2.05, 4.69) is 9.97 Å². The first kappa shape index (κ1) is 18.4. The Bertz CT molecular complexity index is 1260. The molecule has 1 aliphatic heterocycles. The molecule has 0 bridgehead atoms. The van der Waals surface area contributed by atoms with Crippen molar-refractivity contribution in [3.8, 4) is 0 Å². The number of hydrogen-bond acceptors (Lipinski definition) is 5. The third kappa shape index (κ3) is 3.20. The van der Waals surface area contributed by atoms with E-state index in [0.717, 1.165) is 0 Å². The first-order valence-electron chi connectivity index (χ1n) is 8.62. The van der Waals surface area contributed by atoms with Crippen molar-refractivity contribution in [2.24, 2.45) is 0 Å². The Hall–Kier alpha value is -2.98. The predicted molar refractivity (Wildman–Crippen MR) is 103 cm³/mol. The molecule has 146 valence electrons. The number of aromatic nitrogens is 2. The fourth-order valence-electron chi connectivity index (χ4n) is 3.28. The molecule has 2 N–H and O–H groups in total. The first-order chi connectivity index (χ1) is 13.4. The molecule has 1 aliphatic rings. The minimum atomic E-state index is -3.79. The summed E-state index contributed by atoms with van der Waals surface area (Å²) in [6.45, 7) is 1.13. The van der Waals surface area contributed by atoms with Crippen molar-refractivity contribution in [1.82, 2.24) is 14.3 Å². The summed E-state index contributed by atoms with van der Waals surface area (Å²) in [6, 6.07) is 10.5. The van der Waals surface area contributed by atoms with Gasteiger partial charge in [0.25, 0.3) is 0 Å².